The predicted molar refractivity (Wildman–Crippen MR) is 78.0 cm³/mol. The Morgan fingerprint density at radius 2 is 1.72 bits per heavy atom. The van der Waals surface area contributed by atoms with E-state index in [2.05, 4.69) is 56.4 Å². The zero-order valence-electron chi connectivity index (χ0n) is 12.2. The quantitative estimate of drug-likeness (QED) is 0.762. The van der Waals surface area contributed by atoms with Gasteiger partial charge in [0.25, 0.3) is 0 Å². The van der Waals surface area contributed by atoms with Crippen molar-refractivity contribution < 1.29 is 4.74 Å². The second-order valence-electron chi connectivity index (χ2n) is 4.79. The fourth-order valence-corrected chi connectivity index (χ4v) is 2.95. The Morgan fingerprint density at radius 3 is 2.17 bits per heavy atom. The summed E-state index contributed by atoms with van der Waals surface area (Å²) in [5, 5.41) is 3.60. The summed E-state index contributed by atoms with van der Waals surface area (Å²) in [5.74, 6) is 0. The first kappa shape index (κ1) is 15.2. The monoisotopic (exact) mass is 249 g/mol. The van der Waals surface area contributed by atoms with Gasteiger partial charge in [0.15, 0.2) is 0 Å². The van der Waals surface area contributed by atoms with Crippen LogP contribution in [0.5, 0.6) is 0 Å². The largest absolute Gasteiger partial charge is 0.383 e. The van der Waals surface area contributed by atoms with Crippen LogP contribution in [0, 0.1) is 0 Å². The number of hydrogen-bond acceptors (Lipinski definition) is 2. The molecule has 0 fully saturated rings. The van der Waals surface area contributed by atoms with Crippen molar-refractivity contribution in [2.24, 2.45) is 0 Å². The van der Waals surface area contributed by atoms with Gasteiger partial charge in [0.1, 0.15) is 0 Å². The third kappa shape index (κ3) is 3.12. The Kier molecular flexibility index (Phi) is 6.37. The van der Waals surface area contributed by atoms with E-state index in [0.717, 1.165) is 26.0 Å². The average molecular weight is 249 g/mol. The van der Waals surface area contributed by atoms with Crippen molar-refractivity contribution in [2.75, 3.05) is 20.3 Å². The van der Waals surface area contributed by atoms with Gasteiger partial charge in [-0.25, -0.2) is 0 Å². The highest BCUT2D eigenvalue weighted by molar-refractivity contribution is 5.27. The fraction of sp³-hybridized carbons (Fsp3) is 0.625. The molecule has 1 N–H and O–H groups in total. The first-order valence-electron chi connectivity index (χ1n) is 7.03. The highest BCUT2D eigenvalue weighted by Gasteiger charge is 2.36. The highest BCUT2D eigenvalue weighted by atomic mass is 16.5. The van der Waals surface area contributed by atoms with E-state index in [1.54, 1.807) is 7.11 Å². The molecule has 1 rings (SSSR count). The summed E-state index contributed by atoms with van der Waals surface area (Å²) in [6.07, 6.45) is 2.24. The van der Waals surface area contributed by atoms with Crippen molar-refractivity contribution in [1.29, 1.82) is 0 Å². The minimum atomic E-state index is 0.160. The van der Waals surface area contributed by atoms with Gasteiger partial charge in [-0.1, -0.05) is 51.1 Å². The molecule has 18 heavy (non-hydrogen) atoms. The van der Waals surface area contributed by atoms with Gasteiger partial charge in [-0.05, 0) is 24.9 Å². The molecule has 102 valence electrons. The van der Waals surface area contributed by atoms with E-state index in [4.69, 9.17) is 4.74 Å². The lowest BCUT2D eigenvalue weighted by atomic mass is 9.70. The summed E-state index contributed by atoms with van der Waals surface area (Å²) in [6, 6.07) is 11.2. The van der Waals surface area contributed by atoms with Crippen LogP contribution in [0.3, 0.4) is 0 Å². The maximum atomic E-state index is 5.43. The van der Waals surface area contributed by atoms with Crippen LogP contribution in [0.4, 0.5) is 0 Å². The molecule has 0 aliphatic rings. The van der Waals surface area contributed by atoms with Crippen LogP contribution in [0.15, 0.2) is 30.3 Å². The van der Waals surface area contributed by atoms with Crippen molar-refractivity contribution in [3.05, 3.63) is 35.9 Å². The lowest BCUT2D eigenvalue weighted by Crippen LogP contribution is -2.50. The Hall–Kier alpha value is -0.860. The first-order chi connectivity index (χ1) is 8.75. The van der Waals surface area contributed by atoms with Crippen LogP contribution in [0.1, 0.15) is 39.2 Å². The van der Waals surface area contributed by atoms with Gasteiger partial charge in [-0.3, -0.25) is 0 Å². The van der Waals surface area contributed by atoms with Gasteiger partial charge in [-0.15, -0.1) is 0 Å². The van der Waals surface area contributed by atoms with Gasteiger partial charge >= 0.3 is 0 Å². The SMILES string of the molecule is CCNC(COC)C(CC)(CC)c1ccccc1. The van der Waals surface area contributed by atoms with E-state index in [1.807, 2.05) is 0 Å². The van der Waals surface area contributed by atoms with E-state index < -0.39 is 0 Å². The number of methoxy groups -OCH3 is 1. The standard InChI is InChI=1S/C16H27NO/c1-5-16(6-2,14-11-9-8-10-12-14)15(13-18-4)17-7-3/h8-12,15,17H,5-7,13H2,1-4H3. The summed E-state index contributed by atoms with van der Waals surface area (Å²) in [4.78, 5) is 0. The smallest absolute Gasteiger partial charge is 0.0624 e. The molecule has 2 heteroatoms. The van der Waals surface area contributed by atoms with Crippen molar-refractivity contribution >= 4 is 0 Å². The Labute approximate surface area is 112 Å². The number of ether oxygens (including phenoxy) is 1. The zero-order chi connectivity index (χ0) is 13.4. The fourth-order valence-electron chi connectivity index (χ4n) is 2.95. The molecule has 1 atom stereocenters. The van der Waals surface area contributed by atoms with Crippen LogP contribution >= 0.6 is 0 Å². The number of hydrogen-bond donors (Lipinski definition) is 1. The Morgan fingerprint density at radius 1 is 1.11 bits per heavy atom. The molecule has 0 saturated heterocycles. The van der Waals surface area contributed by atoms with Crippen molar-refractivity contribution in [3.63, 3.8) is 0 Å². The number of nitrogens with one attached hydrogen (secondary N) is 1. The summed E-state index contributed by atoms with van der Waals surface area (Å²) in [5.41, 5.74) is 1.57. The van der Waals surface area contributed by atoms with E-state index in [9.17, 15) is 0 Å². The minimum absolute atomic E-state index is 0.160. The van der Waals surface area contributed by atoms with Crippen LogP contribution in [0.25, 0.3) is 0 Å². The van der Waals surface area contributed by atoms with Gasteiger partial charge < -0.3 is 10.1 Å². The summed E-state index contributed by atoms with van der Waals surface area (Å²) in [7, 11) is 1.78. The normalized spacial score (nSPS) is 13.6. The van der Waals surface area contributed by atoms with Crippen molar-refractivity contribution in [3.8, 4) is 0 Å². The third-order valence-corrected chi connectivity index (χ3v) is 4.06. The third-order valence-electron chi connectivity index (χ3n) is 4.06. The molecule has 1 aromatic carbocycles. The van der Waals surface area contributed by atoms with Crippen molar-refractivity contribution in [1.82, 2.24) is 5.32 Å². The lowest BCUT2D eigenvalue weighted by molar-refractivity contribution is 0.120. The molecule has 0 aliphatic carbocycles. The van der Waals surface area contributed by atoms with Crippen LogP contribution < -0.4 is 5.32 Å². The molecule has 0 radical (unpaired) electrons. The molecule has 1 unspecified atom stereocenters. The lowest BCUT2D eigenvalue weighted by Gasteiger charge is -2.40. The van der Waals surface area contributed by atoms with E-state index in [0.29, 0.717) is 6.04 Å². The molecular formula is C16H27NO. The molecule has 0 heterocycles. The van der Waals surface area contributed by atoms with E-state index in [-0.39, 0.29) is 5.41 Å². The van der Waals surface area contributed by atoms with Gasteiger partial charge in [0.05, 0.1) is 6.61 Å². The second-order valence-corrected chi connectivity index (χ2v) is 4.79. The van der Waals surface area contributed by atoms with Gasteiger partial charge in [-0.2, -0.15) is 0 Å². The zero-order valence-corrected chi connectivity index (χ0v) is 12.2. The number of benzene rings is 1. The molecule has 2 nitrogen and oxygen atoms in total. The topological polar surface area (TPSA) is 21.3 Å². The van der Waals surface area contributed by atoms with Gasteiger partial charge in [0.2, 0.25) is 0 Å². The minimum Gasteiger partial charge on any atom is -0.383 e. The molecular weight excluding hydrogens is 222 g/mol. The maximum Gasteiger partial charge on any atom is 0.0624 e. The van der Waals surface area contributed by atoms with Crippen LogP contribution in [0.2, 0.25) is 0 Å². The molecule has 0 saturated carbocycles. The van der Waals surface area contributed by atoms with Crippen LogP contribution in [-0.4, -0.2) is 26.3 Å². The predicted octanol–water partition coefficient (Wildman–Crippen LogP) is 3.37. The molecule has 0 bridgehead atoms. The van der Waals surface area contributed by atoms with E-state index in [1.165, 1.54) is 5.56 Å². The van der Waals surface area contributed by atoms with Crippen molar-refractivity contribution in [2.45, 2.75) is 45.1 Å². The molecule has 0 aromatic heterocycles. The number of rotatable bonds is 8. The summed E-state index contributed by atoms with van der Waals surface area (Å²) < 4.78 is 5.43. The highest BCUT2D eigenvalue weighted by Crippen LogP contribution is 2.35. The number of likely N-dealkylation sites (N-methyl/N-ethyl adjacent to an activating group) is 1. The average Bonchev–Trinajstić information content (AvgIpc) is 2.42. The van der Waals surface area contributed by atoms with Gasteiger partial charge in [0, 0.05) is 18.6 Å². The Bertz CT molecular complexity index is 313. The van der Waals surface area contributed by atoms with E-state index >= 15 is 0 Å². The molecule has 0 aliphatic heterocycles. The molecule has 1 aromatic rings. The first-order valence-corrected chi connectivity index (χ1v) is 7.03. The second kappa shape index (κ2) is 7.55. The molecule has 0 amide bonds. The maximum absolute atomic E-state index is 5.43. The summed E-state index contributed by atoms with van der Waals surface area (Å²) in [6.45, 7) is 8.43. The molecule has 0 spiro atoms. The van der Waals surface area contributed by atoms with Crippen LogP contribution in [-0.2, 0) is 10.2 Å². The summed E-state index contributed by atoms with van der Waals surface area (Å²) >= 11 is 0. The Balaban J connectivity index is 3.11.